The topological polar surface area (TPSA) is 82.1 Å². The second-order valence-corrected chi connectivity index (χ2v) is 10.7. The van der Waals surface area contributed by atoms with Crippen molar-refractivity contribution in [1.29, 1.82) is 0 Å². The minimum Gasteiger partial charge on any atom is -0.393 e. The zero-order valence-electron chi connectivity index (χ0n) is 19.0. The van der Waals surface area contributed by atoms with Crippen LogP contribution in [0.5, 0.6) is 0 Å². The number of Topliss-reactive ketones (excluding diaryl/α,β-unsaturated/α-hetero) is 1. The summed E-state index contributed by atoms with van der Waals surface area (Å²) in [5.41, 5.74) is -0.660. The van der Waals surface area contributed by atoms with E-state index in [0.29, 0.717) is 19.4 Å². The Labute approximate surface area is 184 Å². The quantitative estimate of drug-likeness (QED) is 0.724. The number of rotatable bonds is 2. The number of fused-ring (bicyclic) bond motifs is 6. The summed E-state index contributed by atoms with van der Waals surface area (Å²) in [6.45, 7) is 8.31. The molecule has 0 aromatic rings. The molecule has 0 aromatic heterocycles. The Bertz CT molecular complexity index is 877. The first kappa shape index (κ1) is 21.5. The lowest BCUT2D eigenvalue weighted by Crippen LogP contribution is -2.67. The lowest BCUT2D eigenvalue weighted by Gasteiger charge is -2.61. The van der Waals surface area contributed by atoms with Crippen molar-refractivity contribution in [2.75, 3.05) is 13.2 Å². The van der Waals surface area contributed by atoms with Gasteiger partial charge in [-0.15, -0.1) is 0 Å². The molecule has 1 N–H and O–H groups in total. The zero-order valence-corrected chi connectivity index (χ0v) is 19.0. The Morgan fingerprint density at radius 1 is 1.23 bits per heavy atom. The molecule has 31 heavy (non-hydrogen) atoms. The third-order valence-electron chi connectivity index (χ3n) is 9.30. The minimum absolute atomic E-state index is 0.0293. The molecule has 6 heteroatoms. The number of ketones is 2. The summed E-state index contributed by atoms with van der Waals surface area (Å²) < 4.78 is 17.9. The molecule has 4 fully saturated rings. The summed E-state index contributed by atoms with van der Waals surface area (Å²) in [6, 6.07) is 0. The van der Waals surface area contributed by atoms with Gasteiger partial charge in [0.1, 0.15) is 12.2 Å². The molecule has 0 radical (unpaired) electrons. The molecule has 0 unspecified atom stereocenters. The van der Waals surface area contributed by atoms with Crippen LogP contribution in [0.15, 0.2) is 23.8 Å². The van der Waals surface area contributed by atoms with Crippen LogP contribution >= 0.6 is 0 Å². The van der Waals surface area contributed by atoms with Crippen LogP contribution in [0.4, 0.5) is 0 Å². The summed E-state index contributed by atoms with van der Waals surface area (Å²) in [5.74, 6) is -0.672. The number of aliphatic hydroxyl groups excluding tert-OH is 1. The fourth-order valence-corrected chi connectivity index (χ4v) is 7.99. The molecule has 1 heterocycles. The molecule has 170 valence electrons. The Morgan fingerprint density at radius 3 is 2.74 bits per heavy atom. The number of aliphatic hydroxyl groups is 1. The van der Waals surface area contributed by atoms with Crippen molar-refractivity contribution in [3.63, 3.8) is 0 Å². The Kier molecular flexibility index (Phi) is 4.74. The van der Waals surface area contributed by atoms with Crippen LogP contribution in [0.25, 0.3) is 0 Å². The van der Waals surface area contributed by atoms with Crippen molar-refractivity contribution in [1.82, 2.24) is 0 Å². The van der Waals surface area contributed by atoms with E-state index in [1.54, 1.807) is 19.1 Å². The Morgan fingerprint density at radius 2 is 2.00 bits per heavy atom. The van der Waals surface area contributed by atoms with Gasteiger partial charge in [0.15, 0.2) is 11.6 Å². The largest absolute Gasteiger partial charge is 0.393 e. The van der Waals surface area contributed by atoms with Gasteiger partial charge in [-0.05, 0) is 63.0 Å². The number of allylic oxidation sites excluding steroid dienone is 4. The molecule has 6 nitrogen and oxygen atoms in total. The summed E-state index contributed by atoms with van der Waals surface area (Å²) >= 11 is 0. The van der Waals surface area contributed by atoms with Crippen molar-refractivity contribution >= 4 is 11.6 Å². The van der Waals surface area contributed by atoms with Crippen LogP contribution in [0.1, 0.15) is 59.8 Å². The molecule has 5 aliphatic rings. The lowest BCUT2D eigenvalue weighted by molar-refractivity contribution is -0.420. The molecule has 1 saturated heterocycles. The average molecular weight is 431 g/mol. The van der Waals surface area contributed by atoms with Crippen LogP contribution in [0, 0.1) is 28.6 Å². The fraction of sp³-hybridized carbons (Fsp3) is 0.760. The number of ether oxygens (including phenoxy) is 3. The first-order valence-electron chi connectivity index (χ1n) is 11.7. The van der Waals surface area contributed by atoms with Gasteiger partial charge in [-0.1, -0.05) is 25.5 Å². The highest BCUT2D eigenvalue weighted by Gasteiger charge is 2.71. The monoisotopic (exact) mass is 430 g/mol. The summed E-state index contributed by atoms with van der Waals surface area (Å²) in [5, 5.41) is 11.5. The van der Waals surface area contributed by atoms with Gasteiger partial charge in [0.2, 0.25) is 0 Å². The first-order chi connectivity index (χ1) is 14.6. The third-order valence-corrected chi connectivity index (χ3v) is 9.30. The molecule has 4 aliphatic carbocycles. The van der Waals surface area contributed by atoms with E-state index in [2.05, 4.69) is 13.8 Å². The fourth-order valence-electron chi connectivity index (χ4n) is 7.99. The van der Waals surface area contributed by atoms with Crippen LogP contribution in [0.2, 0.25) is 0 Å². The highest BCUT2D eigenvalue weighted by atomic mass is 16.9. The van der Waals surface area contributed by atoms with Gasteiger partial charge in [0, 0.05) is 30.3 Å². The lowest BCUT2D eigenvalue weighted by atomic mass is 9.46. The highest BCUT2D eigenvalue weighted by molar-refractivity contribution is 6.01. The van der Waals surface area contributed by atoms with Crippen molar-refractivity contribution in [3.05, 3.63) is 23.8 Å². The van der Waals surface area contributed by atoms with E-state index in [-0.39, 0.29) is 41.3 Å². The van der Waals surface area contributed by atoms with E-state index >= 15 is 0 Å². The van der Waals surface area contributed by atoms with Crippen LogP contribution in [0.3, 0.4) is 0 Å². The maximum atomic E-state index is 13.3. The van der Waals surface area contributed by atoms with E-state index in [1.807, 2.05) is 13.0 Å². The SMILES string of the molecule is CCO[C@]1(C)OCC(=O)[C@]2(CC[C@@H]3[C@@H]4CCC5=CC(=O)C=C[C@]5(C)[C@@H]4[C@H](O)C[C@@]32C)O1. The van der Waals surface area contributed by atoms with Crippen LogP contribution in [-0.4, -0.2) is 47.6 Å². The highest BCUT2D eigenvalue weighted by Crippen LogP contribution is 2.68. The molecule has 0 aromatic carbocycles. The first-order valence-corrected chi connectivity index (χ1v) is 11.7. The molecule has 5 rings (SSSR count). The smallest absolute Gasteiger partial charge is 0.281 e. The van der Waals surface area contributed by atoms with Gasteiger partial charge < -0.3 is 19.3 Å². The summed E-state index contributed by atoms with van der Waals surface area (Å²) in [7, 11) is 0. The van der Waals surface area contributed by atoms with E-state index in [4.69, 9.17) is 14.2 Å². The van der Waals surface area contributed by atoms with Gasteiger partial charge in [-0.25, -0.2) is 0 Å². The maximum absolute atomic E-state index is 13.3. The van der Waals surface area contributed by atoms with Crippen molar-refractivity contribution in [2.24, 2.45) is 28.6 Å². The Balaban J connectivity index is 1.53. The van der Waals surface area contributed by atoms with Gasteiger partial charge in [-0.2, -0.15) is 0 Å². The molecule has 0 bridgehead atoms. The van der Waals surface area contributed by atoms with Crippen LogP contribution in [-0.2, 0) is 23.8 Å². The zero-order chi connectivity index (χ0) is 22.2. The predicted molar refractivity (Wildman–Crippen MR) is 113 cm³/mol. The normalized spacial score (nSPS) is 51.3. The number of hydrogen-bond acceptors (Lipinski definition) is 6. The summed E-state index contributed by atoms with van der Waals surface area (Å²) in [6.07, 6.45) is 8.65. The molecule has 0 amide bonds. The van der Waals surface area contributed by atoms with Gasteiger partial charge >= 0.3 is 0 Å². The molecule has 8 atom stereocenters. The molecular formula is C25H34O6. The van der Waals surface area contributed by atoms with E-state index in [0.717, 1.165) is 24.8 Å². The van der Waals surface area contributed by atoms with E-state index in [1.165, 1.54) is 0 Å². The molecule has 3 saturated carbocycles. The number of carbonyl (C=O) groups is 2. The minimum atomic E-state index is -1.25. The van der Waals surface area contributed by atoms with Crippen molar-refractivity contribution in [3.8, 4) is 0 Å². The van der Waals surface area contributed by atoms with Crippen molar-refractivity contribution < 1.29 is 28.9 Å². The van der Waals surface area contributed by atoms with Gasteiger partial charge in [-0.3, -0.25) is 9.59 Å². The van der Waals surface area contributed by atoms with E-state index < -0.39 is 23.1 Å². The second-order valence-electron chi connectivity index (χ2n) is 10.7. The molecular weight excluding hydrogens is 396 g/mol. The van der Waals surface area contributed by atoms with Crippen molar-refractivity contribution in [2.45, 2.75) is 77.5 Å². The summed E-state index contributed by atoms with van der Waals surface area (Å²) in [4.78, 5) is 25.3. The number of hydrogen-bond donors (Lipinski definition) is 1. The van der Waals surface area contributed by atoms with Crippen LogP contribution < -0.4 is 0 Å². The molecule has 1 spiro atoms. The number of carbonyl (C=O) groups excluding carboxylic acids is 2. The third kappa shape index (κ3) is 2.78. The average Bonchev–Trinajstić information content (AvgIpc) is 2.98. The Hall–Kier alpha value is -1.34. The van der Waals surface area contributed by atoms with Gasteiger partial charge in [0.05, 0.1) is 6.10 Å². The maximum Gasteiger partial charge on any atom is 0.281 e. The predicted octanol–water partition coefficient (Wildman–Crippen LogP) is 3.33. The second kappa shape index (κ2) is 6.83. The standard InChI is InChI=1S/C25H34O6/c1-5-29-24(4)30-14-20(28)25(31-24)11-9-18-17-7-6-15-12-16(26)8-10-22(15,2)21(17)19(27)13-23(18,25)3/h8,10,12,17-19,21,27H,5-7,9,11,13-14H2,1-4H3/t17-,18+,19+,21-,22-,23-,24+,25-/m0/s1. The molecule has 1 aliphatic heterocycles. The van der Waals surface area contributed by atoms with E-state index in [9.17, 15) is 14.7 Å². The van der Waals surface area contributed by atoms with Gasteiger partial charge in [0.25, 0.3) is 5.97 Å².